The zero-order valence-electron chi connectivity index (χ0n) is 10.8. The SMILES string of the molecule is CC1CN(c2nc(NN)ncc2Cl)CC(C)(C)O1. The highest BCUT2D eigenvalue weighted by atomic mass is 35.5. The zero-order valence-corrected chi connectivity index (χ0v) is 11.5. The number of hydrogen-bond acceptors (Lipinski definition) is 6. The second kappa shape index (κ2) is 4.87. The summed E-state index contributed by atoms with van der Waals surface area (Å²) in [6.07, 6.45) is 1.67. The fourth-order valence-corrected chi connectivity index (χ4v) is 2.48. The van der Waals surface area contributed by atoms with Crippen molar-refractivity contribution in [1.82, 2.24) is 9.97 Å². The molecule has 1 aliphatic rings. The van der Waals surface area contributed by atoms with Crippen LogP contribution in [0.1, 0.15) is 20.8 Å². The molecule has 0 spiro atoms. The Labute approximate surface area is 111 Å². The van der Waals surface area contributed by atoms with Crippen LogP contribution in [-0.4, -0.2) is 34.8 Å². The van der Waals surface area contributed by atoms with E-state index < -0.39 is 0 Å². The first-order valence-electron chi connectivity index (χ1n) is 5.83. The van der Waals surface area contributed by atoms with Crippen molar-refractivity contribution in [3.63, 3.8) is 0 Å². The smallest absolute Gasteiger partial charge is 0.239 e. The standard InChI is InChI=1S/C11H18ClN5O/c1-7-5-17(6-11(2,3)18-7)9-8(12)4-14-10(15-9)16-13/h4,7H,5-6,13H2,1-3H3,(H,14,15,16). The van der Waals surface area contributed by atoms with E-state index in [1.165, 1.54) is 0 Å². The summed E-state index contributed by atoms with van der Waals surface area (Å²) in [5.41, 5.74) is 2.19. The van der Waals surface area contributed by atoms with Gasteiger partial charge in [-0.1, -0.05) is 11.6 Å². The van der Waals surface area contributed by atoms with Crippen LogP contribution in [0.15, 0.2) is 6.20 Å². The number of halogens is 1. The summed E-state index contributed by atoms with van der Waals surface area (Å²) in [7, 11) is 0. The first-order chi connectivity index (χ1) is 8.41. The van der Waals surface area contributed by atoms with Gasteiger partial charge in [0, 0.05) is 13.1 Å². The topological polar surface area (TPSA) is 76.3 Å². The lowest BCUT2D eigenvalue weighted by molar-refractivity contribution is -0.0751. The van der Waals surface area contributed by atoms with Gasteiger partial charge >= 0.3 is 0 Å². The van der Waals surface area contributed by atoms with Gasteiger partial charge < -0.3 is 9.64 Å². The predicted octanol–water partition coefficient (Wildman–Crippen LogP) is 1.42. The summed E-state index contributed by atoms with van der Waals surface area (Å²) in [4.78, 5) is 10.4. The van der Waals surface area contributed by atoms with E-state index in [4.69, 9.17) is 22.2 Å². The second-order valence-electron chi connectivity index (χ2n) is 5.08. The maximum atomic E-state index is 6.15. The molecule has 2 heterocycles. The number of morpholine rings is 1. The van der Waals surface area contributed by atoms with Crippen LogP contribution in [0.5, 0.6) is 0 Å². The normalized spacial score (nSPS) is 22.9. The number of nitrogens with zero attached hydrogens (tertiary/aromatic N) is 3. The molecule has 0 aromatic carbocycles. The van der Waals surface area contributed by atoms with Crippen molar-refractivity contribution in [2.45, 2.75) is 32.5 Å². The number of rotatable bonds is 2. The Kier molecular flexibility index (Phi) is 3.61. The number of nitrogen functional groups attached to an aromatic ring is 1. The molecule has 0 radical (unpaired) electrons. The van der Waals surface area contributed by atoms with Gasteiger partial charge in [-0.2, -0.15) is 4.98 Å². The second-order valence-corrected chi connectivity index (χ2v) is 5.49. The van der Waals surface area contributed by atoms with Gasteiger partial charge in [0.25, 0.3) is 0 Å². The van der Waals surface area contributed by atoms with E-state index in [9.17, 15) is 0 Å². The number of nitrogens with one attached hydrogen (secondary N) is 1. The predicted molar refractivity (Wildman–Crippen MR) is 71.7 cm³/mol. The highest BCUT2D eigenvalue weighted by molar-refractivity contribution is 6.32. The molecule has 0 amide bonds. The minimum Gasteiger partial charge on any atom is -0.369 e. The molecule has 7 heteroatoms. The average molecular weight is 272 g/mol. The Morgan fingerprint density at radius 2 is 2.33 bits per heavy atom. The number of hydrazine groups is 1. The van der Waals surface area contributed by atoms with Crippen LogP contribution in [0.3, 0.4) is 0 Å². The Morgan fingerprint density at radius 3 is 2.94 bits per heavy atom. The van der Waals surface area contributed by atoms with Crippen molar-refractivity contribution in [1.29, 1.82) is 0 Å². The number of ether oxygens (including phenoxy) is 1. The van der Waals surface area contributed by atoms with Crippen molar-refractivity contribution in [3.05, 3.63) is 11.2 Å². The van der Waals surface area contributed by atoms with Crippen molar-refractivity contribution in [2.75, 3.05) is 23.4 Å². The van der Waals surface area contributed by atoms with Gasteiger partial charge in [-0.3, -0.25) is 5.43 Å². The summed E-state index contributed by atoms with van der Waals surface area (Å²) in [6, 6.07) is 0. The monoisotopic (exact) mass is 271 g/mol. The molecular weight excluding hydrogens is 254 g/mol. The molecule has 2 rings (SSSR count). The summed E-state index contributed by atoms with van der Waals surface area (Å²) >= 11 is 6.15. The Morgan fingerprint density at radius 1 is 1.61 bits per heavy atom. The Bertz CT molecular complexity index is 439. The van der Waals surface area contributed by atoms with Crippen LogP contribution >= 0.6 is 11.6 Å². The Balaban J connectivity index is 2.30. The fraction of sp³-hybridized carbons (Fsp3) is 0.636. The van der Waals surface area contributed by atoms with E-state index in [0.717, 1.165) is 13.1 Å². The van der Waals surface area contributed by atoms with Crippen LogP contribution in [0.4, 0.5) is 11.8 Å². The molecule has 0 aliphatic carbocycles. The molecule has 3 N–H and O–H groups in total. The quantitative estimate of drug-likeness (QED) is 0.626. The molecule has 0 saturated carbocycles. The van der Waals surface area contributed by atoms with E-state index >= 15 is 0 Å². The fourth-order valence-electron chi connectivity index (χ4n) is 2.26. The lowest BCUT2D eigenvalue weighted by Gasteiger charge is -2.42. The van der Waals surface area contributed by atoms with Crippen molar-refractivity contribution in [3.8, 4) is 0 Å². The van der Waals surface area contributed by atoms with Crippen molar-refractivity contribution in [2.24, 2.45) is 5.84 Å². The van der Waals surface area contributed by atoms with E-state index in [2.05, 4.69) is 20.3 Å². The lowest BCUT2D eigenvalue weighted by atomic mass is 10.1. The summed E-state index contributed by atoms with van der Waals surface area (Å²) in [5.74, 6) is 6.35. The minimum atomic E-state index is -0.234. The van der Waals surface area contributed by atoms with Gasteiger partial charge in [-0.25, -0.2) is 10.8 Å². The largest absolute Gasteiger partial charge is 0.369 e. The first kappa shape index (κ1) is 13.3. The van der Waals surface area contributed by atoms with Gasteiger partial charge in [0.05, 0.1) is 17.9 Å². The molecule has 1 atom stereocenters. The zero-order chi connectivity index (χ0) is 13.3. The summed E-state index contributed by atoms with van der Waals surface area (Å²) < 4.78 is 5.85. The maximum Gasteiger partial charge on any atom is 0.239 e. The molecular formula is C11H18ClN5O. The molecule has 1 unspecified atom stereocenters. The molecule has 0 bridgehead atoms. The van der Waals surface area contributed by atoms with Crippen LogP contribution in [0.2, 0.25) is 5.02 Å². The Hall–Kier alpha value is -1.11. The van der Waals surface area contributed by atoms with E-state index in [1.807, 2.05) is 20.8 Å². The number of nitrogens with two attached hydrogens (primary N) is 1. The number of aromatic nitrogens is 2. The summed E-state index contributed by atoms with van der Waals surface area (Å²) in [6.45, 7) is 7.59. The molecule has 1 fully saturated rings. The molecule has 1 aromatic heterocycles. The van der Waals surface area contributed by atoms with Crippen molar-refractivity contribution < 1.29 is 4.74 Å². The molecule has 1 saturated heterocycles. The number of anilines is 2. The van der Waals surface area contributed by atoms with Crippen LogP contribution in [0.25, 0.3) is 0 Å². The van der Waals surface area contributed by atoms with Gasteiger partial charge in [0.15, 0.2) is 5.82 Å². The van der Waals surface area contributed by atoms with Crippen LogP contribution < -0.4 is 16.2 Å². The summed E-state index contributed by atoms with van der Waals surface area (Å²) in [5, 5.41) is 0.513. The third-order valence-corrected chi connectivity index (χ3v) is 2.99. The van der Waals surface area contributed by atoms with Crippen LogP contribution in [0, 0.1) is 0 Å². The molecule has 18 heavy (non-hydrogen) atoms. The van der Waals surface area contributed by atoms with Gasteiger partial charge in [-0.05, 0) is 20.8 Å². The number of hydrogen-bond donors (Lipinski definition) is 2. The third kappa shape index (κ3) is 2.82. The molecule has 6 nitrogen and oxygen atoms in total. The van der Waals surface area contributed by atoms with E-state index in [-0.39, 0.29) is 11.7 Å². The molecule has 1 aromatic rings. The average Bonchev–Trinajstić information content (AvgIpc) is 2.27. The van der Waals surface area contributed by atoms with E-state index in [0.29, 0.717) is 16.8 Å². The minimum absolute atomic E-state index is 0.120. The van der Waals surface area contributed by atoms with E-state index in [1.54, 1.807) is 6.20 Å². The lowest BCUT2D eigenvalue weighted by Crippen LogP contribution is -2.52. The van der Waals surface area contributed by atoms with Gasteiger partial charge in [0.1, 0.15) is 5.02 Å². The highest BCUT2D eigenvalue weighted by Crippen LogP contribution is 2.29. The maximum absolute atomic E-state index is 6.15. The van der Waals surface area contributed by atoms with Gasteiger partial charge in [0.2, 0.25) is 5.95 Å². The van der Waals surface area contributed by atoms with Crippen molar-refractivity contribution >= 4 is 23.4 Å². The van der Waals surface area contributed by atoms with Crippen LogP contribution in [-0.2, 0) is 4.74 Å². The first-order valence-corrected chi connectivity index (χ1v) is 6.21. The third-order valence-electron chi connectivity index (χ3n) is 2.72. The highest BCUT2D eigenvalue weighted by Gasteiger charge is 2.32. The van der Waals surface area contributed by atoms with Gasteiger partial charge in [-0.15, -0.1) is 0 Å². The molecule has 1 aliphatic heterocycles. The molecule has 100 valence electrons.